The maximum absolute atomic E-state index is 5.01. The summed E-state index contributed by atoms with van der Waals surface area (Å²) in [5.74, 6) is 7.53. The lowest BCUT2D eigenvalue weighted by Gasteiger charge is -2.67. The van der Waals surface area contributed by atoms with Crippen molar-refractivity contribution in [2.75, 3.05) is 0 Å². The maximum Gasteiger partial charge on any atom is 0.150 e. The topological polar surface area (TPSA) is 51.6 Å². The highest BCUT2D eigenvalue weighted by Crippen LogP contribution is 2.79. The third-order valence-electron chi connectivity index (χ3n) is 14.6. The van der Waals surface area contributed by atoms with E-state index >= 15 is 0 Å². The molecule has 266 valence electrons. The van der Waals surface area contributed by atoms with E-state index in [0.717, 1.165) is 47.2 Å². The average Bonchev–Trinajstić information content (AvgIpc) is 3.05. The summed E-state index contributed by atoms with van der Waals surface area (Å²) in [6.07, 6.45) is 27.3. The SMILES string of the molecule is C[Si](C)(C)c1cc(CP(C23CC4CC(CC(C4)C2)C3)C23CC4CC(CC(C4)C2)C3)c(C(P)(c2ncccn2)c2ncccn2)cc1[Si](C)(C)C. The fourth-order valence-corrected chi connectivity index (χ4v) is 24.4. The van der Waals surface area contributed by atoms with Crippen molar-refractivity contribution in [1.82, 2.24) is 19.9 Å². The molecule has 0 aliphatic heterocycles. The number of nitrogens with zero attached hydrogens (tertiary/aromatic N) is 4. The van der Waals surface area contributed by atoms with E-state index in [0.29, 0.717) is 10.3 Å². The monoisotopic (exact) mass is 738 g/mol. The second-order valence-corrected chi connectivity index (χ2v) is 34.4. The smallest absolute Gasteiger partial charge is 0.150 e. The van der Waals surface area contributed by atoms with Crippen LogP contribution in [-0.4, -0.2) is 46.4 Å². The fourth-order valence-electron chi connectivity index (χ4n) is 13.5. The van der Waals surface area contributed by atoms with Crippen LogP contribution in [0.4, 0.5) is 0 Å². The van der Waals surface area contributed by atoms with Gasteiger partial charge in [-0.1, -0.05) is 69.7 Å². The molecule has 8 saturated carbocycles. The Balaban J connectivity index is 1.29. The van der Waals surface area contributed by atoms with E-state index in [1.807, 2.05) is 36.9 Å². The molecule has 0 spiro atoms. The zero-order chi connectivity index (χ0) is 34.7. The van der Waals surface area contributed by atoms with E-state index < -0.39 is 21.3 Å². The zero-order valence-electron chi connectivity index (χ0n) is 31.6. The summed E-state index contributed by atoms with van der Waals surface area (Å²) in [6, 6.07) is 9.38. The molecule has 3 aromatic rings. The van der Waals surface area contributed by atoms with Crippen molar-refractivity contribution in [1.29, 1.82) is 0 Å². The normalized spacial score (nSPS) is 35.1. The summed E-state index contributed by atoms with van der Waals surface area (Å²) in [4.78, 5) is 20.0. The molecule has 50 heavy (non-hydrogen) atoms. The second kappa shape index (κ2) is 12.1. The minimum Gasteiger partial charge on any atom is -0.240 e. The van der Waals surface area contributed by atoms with E-state index in [9.17, 15) is 0 Å². The van der Waals surface area contributed by atoms with Crippen molar-refractivity contribution >= 4 is 43.7 Å². The van der Waals surface area contributed by atoms with Gasteiger partial charge in [0.1, 0.15) is 16.8 Å². The molecule has 8 aliphatic carbocycles. The predicted molar refractivity (Wildman–Crippen MR) is 218 cm³/mol. The molecule has 8 aliphatic rings. The van der Waals surface area contributed by atoms with Gasteiger partial charge in [-0.2, -0.15) is 0 Å². The highest BCUT2D eigenvalue weighted by molar-refractivity contribution is 7.60. The van der Waals surface area contributed by atoms with Crippen molar-refractivity contribution in [2.24, 2.45) is 35.5 Å². The molecule has 8 fully saturated rings. The van der Waals surface area contributed by atoms with Crippen molar-refractivity contribution in [3.63, 3.8) is 0 Å². The van der Waals surface area contributed by atoms with Crippen molar-refractivity contribution in [3.05, 3.63) is 71.8 Å². The molecule has 4 nitrogen and oxygen atoms in total. The molecule has 8 heteroatoms. The van der Waals surface area contributed by atoms with Crippen LogP contribution in [-0.2, 0) is 11.3 Å². The summed E-state index contributed by atoms with van der Waals surface area (Å²) in [6.45, 7) is 15.4. The van der Waals surface area contributed by atoms with E-state index in [2.05, 4.69) is 60.7 Å². The summed E-state index contributed by atoms with van der Waals surface area (Å²) in [5, 5.41) is 3.76. The van der Waals surface area contributed by atoms with Crippen LogP contribution in [0.2, 0.25) is 39.3 Å². The largest absolute Gasteiger partial charge is 0.240 e. The summed E-state index contributed by atoms with van der Waals surface area (Å²) in [5.41, 5.74) is 2.97. The van der Waals surface area contributed by atoms with Gasteiger partial charge in [-0.25, -0.2) is 19.9 Å². The van der Waals surface area contributed by atoms with Gasteiger partial charge >= 0.3 is 0 Å². The van der Waals surface area contributed by atoms with Crippen molar-refractivity contribution in [2.45, 2.75) is 138 Å². The lowest BCUT2D eigenvalue weighted by Crippen LogP contribution is -2.58. The van der Waals surface area contributed by atoms with Crippen molar-refractivity contribution < 1.29 is 0 Å². The maximum atomic E-state index is 5.01. The van der Waals surface area contributed by atoms with Crippen LogP contribution in [0.15, 0.2) is 49.1 Å². The van der Waals surface area contributed by atoms with Gasteiger partial charge in [0, 0.05) is 24.8 Å². The molecule has 0 N–H and O–H groups in total. The van der Waals surface area contributed by atoms with Crippen LogP contribution < -0.4 is 10.4 Å². The first kappa shape index (κ1) is 34.4. The average molecular weight is 739 g/mol. The standard InChI is InChI=1S/C42H60N4P2Si2/c1-49(2,3)36-19-34(35(20-37(36)50(4,5)6)42(47,38-43-9-7-10-44-38)39-45-11-8-12-46-39)27-48(40-21-28-13-29(22-40)15-30(14-28)23-40)41-24-31-16-32(25-41)18-33(17-31)26-41/h7-12,19-20,28-33H,13-18,21-27,47H2,1-6H3. The Bertz CT molecular complexity index is 1600. The molecular formula is C42H60N4P2Si2. The van der Waals surface area contributed by atoms with Gasteiger partial charge in [0.25, 0.3) is 0 Å². The van der Waals surface area contributed by atoms with E-state index in [4.69, 9.17) is 19.9 Å². The Morgan fingerprint density at radius 3 is 1.28 bits per heavy atom. The lowest BCUT2D eigenvalue weighted by atomic mass is 9.55. The molecule has 8 bridgehead atoms. The second-order valence-electron chi connectivity index (χ2n) is 20.4. The Hall–Kier alpha value is -1.33. The minimum absolute atomic E-state index is 0.236. The minimum atomic E-state index is -1.73. The number of rotatable bonds is 9. The highest BCUT2D eigenvalue weighted by atomic mass is 31.1. The van der Waals surface area contributed by atoms with E-state index in [1.165, 1.54) is 88.8 Å². The number of benzene rings is 1. The quantitative estimate of drug-likeness (QED) is 0.162. The molecule has 2 heterocycles. The number of aromatic nitrogens is 4. The molecule has 0 amide bonds. The van der Waals surface area contributed by atoms with Crippen LogP contribution in [0.1, 0.15) is 99.8 Å². The summed E-state index contributed by atoms with van der Waals surface area (Å²) < 4.78 is 0. The van der Waals surface area contributed by atoms with Gasteiger partial charge in [-0.15, -0.1) is 9.24 Å². The van der Waals surface area contributed by atoms with E-state index in [-0.39, 0.29) is 7.92 Å². The molecular weight excluding hydrogens is 679 g/mol. The first-order chi connectivity index (χ1) is 23.7. The summed E-state index contributed by atoms with van der Waals surface area (Å²) >= 11 is 0. The van der Waals surface area contributed by atoms with Crippen LogP contribution in [0.5, 0.6) is 0 Å². The van der Waals surface area contributed by atoms with Gasteiger partial charge in [0.05, 0.1) is 16.1 Å². The molecule has 0 radical (unpaired) electrons. The Morgan fingerprint density at radius 2 is 0.940 bits per heavy atom. The van der Waals surface area contributed by atoms with Crippen LogP contribution in [0, 0.1) is 35.5 Å². The molecule has 1 atom stereocenters. The first-order valence-electron chi connectivity index (χ1n) is 20.0. The van der Waals surface area contributed by atoms with Crippen LogP contribution >= 0.6 is 17.2 Å². The van der Waals surface area contributed by atoms with Crippen LogP contribution in [0.25, 0.3) is 0 Å². The summed E-state index contributed by atoms with van der Waals surface area (Å²) in [7, 11) is -0.361. The Kier molecular flexibility index (Phi) is 8.33. The number of hydrogen-bond donors (Lipinski definition) is 0. The van der Waals surface area contributed by atoms with Gasteiger partial charge in [-0.05, 0) is 152 Å². The molecule has 2 aromatic heterocycles. The molecule has 1 unspecified atom stereocenters. The fraction of sp³-hybridized carbons (Fsp3) is 0.667. The van der Waals surface area contributed by atoms with Crippen LogP contribution in [0.3, 0.4) is 0 Å². The molecule has 11 rings (SSSR count). The Labute approximate surface area is 307 Å². The predicted octanol–water partition coefficient (Wildman–Crippen LogP) is 9.44. The molecule has 0 saturated heterocycles. The van der Waals surface area contributed by atoms with Crippen molar-refractivity contribution in [3.8, 4) is 0 Å². The van der Waals surface area contributed by atoms with Gasteiger partial charge in [0.2, 0.25) is 0 Å². The molecule has 1 aromatic carbocycles. The first-order valence-corrected chi connectivity index (χ1v) is 29.1. The van der Waals surface area contributed by atoms with Gasteiger partial charge < -0.3 is 0 Å². The Morgan fingerprint density at radius 1 is 0.600 bits per heavy atom. The van der Waals surface area contributed by atoms with Gasteiger partial charge in [-0.3, -0.25) is 0 Å². The van der Waals surface area contributed by atoms with E-state index in [1.54, 1.807) is 15.9 Å². The lowest BCUT2D eigenvalue weighted by molar-refractivity contribution is 0.0184. The number of hydrogen-bond acceptors (Lipinski definition) is 4. The van der Waals surface area contributed by atoms with Gasteiger partial charge in [0.15, 0.2) is 0 Å². The zero-order valence-corrected chi connectivity index (χ0v) is 35.6. The highest BCUT2D eigenvalue weighted by Gasteiger charge is 2.62. The third kappa shape index (κ3) is 5.70. The third-order valence-corrected chi connectivity index (χ3v) is 23.8.